The first kappa shape index (κ1) is 16.4. The van der Waals surface area contributed by atoms with Gasteiger partial charge in [0.25, 0.3) is 0 Å². The maximum atomic E-state index is 6.39. The molecule has 2 rings (SSSR count). The van der Waals surface area contributed by atoms with Crippen molar-refractivity contribution in [3.8, 4) is 0 Å². The Balaban J connectivity index is 2.36. The summed E-state index contributed by atoms with van der Waals surface area (Å²) < 4.78 is 6.01. The molecule has 0 aromatic carbocycles. The van der Waals surface area contributed by atoms with Gasteiger partial charge >= 0.3 is 0 Å². The van der Waals surface area contributed by atoms with Crippen LogP contribution < -0.4 is 5.32 Å². The van der Waals surface area contributed by atoms with Gasteiger partial charge in [-0.05, 0) is 39.1 Å². The molecule has 1 atom stereocenters. The molecular formula is C13H21ClN6S. The first-order valence-corrected chi connectivity index (χ1v) is 8.07. The summed E-state index contributed by atoms with van der Waals surface area (Å²) in [5.41, 5.74) is 1.91. The highest BCUT2D eigenvalue weighted by Crippen LogP contribution is 2.31. The van der Waals surface area contributed by atoms with E-state index in [1.54, 1.807) is 6.20 Å². The van der Waals surface area contributed by atoms with Crippen LogP contribution in [0, 0.1) is 6.92 Å². The first-order valence-electron chi connectivity index (χ1n) is 6.92. The van der Waals surface area contributed by atoms with Gasteiger partial charge in [-0.1, -0.05) is 23.0 Å². The van der Waals surface area contributed by atoms with E-state index >= 15 is 0 Å². The summed E-state index contributed by atoms with van der Waals surface area (Å²) in [6.07, 6.45) is 1.71. The van der Waals surface area contributed by atoms with Crippen molar-refractivity contribution in [2.24, 2.45) is 0 Å². The largest absolute Gasteiger partial charge is 0.308 e. The summed E-state index contributed by atoms with van der Waals surface area (Å²) in [5, 5.41) is 12.7. The molecule has 0 saturated carbocycles. The molecule has 8 heteroatoms. The van der Waals surface area contributed by atoms with Crippen LogP contribution in [0.15, 0.2) is 6.20 Å². The van der Waals surface area contributed by atoms with Gasteiger partial charge in [-0.3, -0.25) is 4.68 Å². The monoisotopic (exact) mass is 328 g/mol. The van der Waals surface area contributed by atoms with E-state index in [1.165, 1.54) is 11.5 Å². The number of nitrogens with zero attached hydrogens (tertiary/aromatic N) is 5. The van der Waals surface area contributed by atoms with Gasteiger partial charge in [0.05, 0.1) is 40.1 Å². The Labute approximate surface area is 134 Å². The van der Waals surface area contributed by atoms with Crippen LogP contribution in [-0.4, -0.2) is 51.5 Å². The van der Waals surface area contributed by atoms with Crippen LogP contribution in [-0.2, 0) is 6.54 Å². The van der Waals surface area contributed by atoms with Crippen LogP contribution >= 0.6 is 23.1 Å². The van der Waals surface area contributed by atoms with Gasteiger partial charge in [0.2, 0.25) is 0 Å². The number of halogens is 1. The van der Waals surface area contributed by atoms with Gasteiger partial charge in [0.1, 0.15) is 0 Å². The van der Waals surface area contributed by atoms with Crippen molar-refractivity contribution >= 4 is 23.1 Å². The Kier molecular flexibility index (Phi) is 5.69. The predicted octanol–water partition coefficient (Wildman–Crippen LogP) is 1.96. The highest BCUT2D eigenvalue weighted by atomic mass is 35.5. The third-order valence-corrected chi connectivity index (χ3v) is 4.41. The van der Waals surface area contributed by atoms with Gasteiger partial charge < -0.3 is 10.2 Å². The fraction of sp³-hybridized carbons (Fsp3) is 0.615. The van der Waals surface area contributed by atoms with Crippen LogP contribution in [0.4, 0.5) is 0 Å². The molecule has 0 bridgehead atoms. The molecule has 2 aromatic heterocycles. The van der Waals surface area contributed by atoms with Crippen LogP contribution in [0.25, 0.3) is 0 Å². The molecule has 1 unspecified atom stereocenters. The summed E-state index contributed by atoms with van der Waals surface area (Å²) in [7, 11) is 4.09. The molecule has 0 aliphatic carbocycles. The Morgan fingerprint density at radius 2 is 2.24 bits per heavy atom. The van der Waals surface area contributed by atoms with E-state index in [0.29, 0.717) is 5.02 Å². The molecule has 1 N–H and O–H groups in total. The van der Waals surface area contributed by atoms with Gasteiger partial charge in [-0.15, -0.1) is 5.10 Å². The topological polar surface area (TPSA) is 58.9 Å². The summed E-state index contributed by atoms with van der Waals surface area (Å²) in [4.78, 5) is 3.21. The van der Waals surface area contributed by atoms with Crippen molar-refractivity contribution in [2.75, 3.05) is 27.2 Å². The second-order valence-corrected chi connectivity index (χ2v) is 6.31. The number of likely N-dealkylation sites (N-methyl/N-ethyl adjacent to an activating group) is 1. The van der Waals surface area contributed by atoms with Gasteiger partial charge in [0, 0.05) is 6.54 Å². The third-order valence-electron chi connectivity index (χ3n) is 3.22. The van der Waals surface area contributed by atoms with E-state index in [-0.39, 0.29) is 6.04 Å². The molecule has 0 aliphatic heterocycles. The lowest BCUT2D eigenvalue weighted by molar-refractivity contribution is 0.366. The molecule has 0 amide bonds. The van der Waals surface area contributed by atoms with Crippen LogP contribution in [0.1, 0.15) is 29.2 Å². The number of aromatic nitrogens is 4. The predicted molar refractivity (Wildman–Crippen MR) is 86.0 cm³/mol. The second-order valence-electron chi connectivity index (χ2n) is 5.12. The number of hydrogen-bond acceptors (Lipinski definition) is 6. The van der Waals surface area contributed by atoms with E-state index in [9.17, 15) is 0 Å². The maximum absolute atomic E-state index is 6.39. The second kappa shape index (κ2) is 7.31. The minimum Gasteiger partial charge on any atom is -0.308 e. The molecular weight excluding hydrogens is 308 g/mol. The lowest BCUT2D eigenvalue weighted by atomic mass is 10.1. The molecule has 0 radical (unpaired) electrons. The molecule has 0 spiro atoms. The Hall–Kier alpha value is -1.02. The zero-order chi connectivity index (χ0) is 15.4. The molecule has 2 aromatic rings. The Morgan fingerprint density at radius 3 is 2.81 bits per heavy atom. The van der Waals surface area contributed by atoms with Crippen molar-refractivity contribution in [1.29, 1.82) is 0 Å². The molecule has 0 saturated heterocycles. The van der Waals surface area contributed by atoms with Gasteiger partial charge in [-0.2, -0.15) is 5.10 Å². The van der Waals surface area contributed by atoms with E-state index in [2.05, 4.69) is 31.8 Å². The molecule has 0 fully saturated rings. The molecule has 2 heterocycles. The first-order chi connectivity index (χ1) is 10.0. The van der Waals surface area contributed by atoms with E-state index in [0.717, 1.165) is 35.9 Å². The standard InChI is InChI=1S/C13H21ClN6S/c1-5-15-11(13-9(2)17-18-21-13)12-10(14)8-16-20(12)7-6-19(3)4/h8,11,15H,5-7H2,1-4H3. The smallest absolute Gasteiger partial charge is 0.0892 e. The quantitative estimate of drug-likeness (QED) is 0.842. The molecule has 21 heavy (non-hydrogen) atoms. The number of rotatable bonds is 7. The van der Waals surface area contributed by atoms with Gasteiger partial charge in [-0.25, -0.2) is 0 Å². The summed E-state index contributed by atoms with van der Waals surface area (Å²) in [5.74, 6) is 0. The maximum Gasteiger partial charge on any atom is 0.0892 e. The SMILES string of the molecule is CCNC(c1snnc1C)c1c(Cl)cnn1CCN(C)C. The minimum atomic E-state index is -0.0211. The molecule has 0 aliphatic rings. The summed E-state index contributed by atoms with van der Waals surface area (Å²) in [6, 6.07) is -0.0211. The summed E-state index contributed by atoms with van der Waals surface area (Å²) in [6.45, 7) is 6.58. The van der Waals surface area contributed by atoms with E-state index < -0.39 is 0 Å². The molecule has 6 nitrogen and oxygen atoms in total. The lowest BCUT2D eigenvalue weighted by Gasteiger charge is -2.20. The lowest BCUT2D eigenvalue weighted by Crippen LogP contribution is -2.27. The van der Waals surface area contributed by atoms with Crippen molar-refractivity contribution in [3.63, 3.8) is 0 Å². The fourth-order valence-corrected chi connectivity index (χ4v) is 3.13. The number of nitrogens with one attached hydrogen (secondary N) is 1. The van der Waals surface area contributed by atoms with E-state index in [4.69, 9.17) is 11.6 Å². The van der Waals surface area contributed by atoms with Crippen LogP contribution in [0.5, 0.6) is 0 Å². The van der Waals surface area contributed by atoms with Crippen LogP contribution in [0.2, 0.25) is 5.02 Å². The minimum absolute atomic E-state index is 0.0211. The van der Waals surface area contributed by atoms with Crippen molar-refractivity contribution in [1.82, 2.24) is 29.6 Å². The zero-order valence-electron chi connectivity index (χ0n) is 12.8. The van der Waals surface area contributed by atoms with E-state index in [1.807, 2.05) is 25.7 Å². The fourth-order valence-electron chi connectivity index (χ4n) is 2.15. The van der Waals surface area contributed by atoms with Crippen molar-refractivity contribution in [2.45, 2.75) is 26.4 Å². The van der Waals surface area contributed by atoms with Crippen molar-refractivity contribution < 1.29 is 0 Å². The number of aryl methyl sites for hydroxylation is 1. The van der Waals surface area contributed by atoms with Crippen LogP contribution in [0.3, 0.4) is 0 Å². The normalized spacial score (nSPS) is 13.0. The van der Waals surface area contributed by atoms with Crippen molar-refractivity contribution in [3.05, 3.63) is 27.5 Å². The summed E-state index contributed by atoms with van der Waals surface area (Å²) >= 11 is 7.79. The molecule has 116 valence electrons. The average molecular weight is 329 g/mol. The Morgan fingerprint density at radius 1 is 1.48 bits per heavy atom. The highest BCUT2D eigenvalue weighted by Gasteiger charge is 2.25. The van der Waals surface area contributed by atoms with Gasteiger partial charge in [0.15, 0.2) is 0 Å². The zero-order valence-corrected chi connectivity index (χ0v) is 14.4. The average Bonchev–Trinajstić information content (AvgIpc) is 3.00. The third kappa shape index (κ3) is 3.79. The number of hydrogen-bond donors (Lipinski definition) is 1. The Bertz CT molecular complexity index is 579. The highest BCUT2D eigenvalue weighted by molar-refractivity contribution is 7.05.